The summed E-state index contributed by atoms with van der Waals surface area (Å²) >= 11 is 0. The Morgan fingerprint density at radius 1 is 0.708 bits per heavy atom. The number of benzene rings is 2. The van der Waals surface area contributed by atoms with Gasteiger partial charge in [-0.3, -0.25) is 4.79 Å². The van der Waals surface area contributed by atoms with Gasteiger partial charge in [-0.1, -0.05) is 6.07 Å². The first-order chi connectivity index (χ1) is 11.3. The van der Waals surface area contributed by atoms with E-state index in [0.717, 1.165) is 16.7 Å². The minimum atomic E-state index is -0.107. The van der Waals surface area contributed by atoms with Crippen LogP contribution in [-0.4, -0.2) is 27.1 Å². The van der Waals surface area contributed by atoms with Gasteiger partial charge < -0.3 is 14.2 Å². The van der Waals surface area contributed by atoms with Crippen LogP contribution in [0.1, 0.15) is 38.2 Å². The van der Waals surface area contributed by atoms with Crippen LogP contribution in [0.4, 0.5) is 0 Å². The summed E-state index contributed by atoms with van der Waals surface area (Å²) in [5.74, 6) is 1.35. The number of hydrogen-bond acceptors (Lipinski definition) is 4. The van der Waals surface area contributed by atoms with Crippen molar-refractivity contribution < 1.29 is 19.0 Å². The Hall–Kier alpha value is -2.49. The Kier molecular flexibility index (Phi) is 5.17. The number of ether oxygens (including phenoxy) is 3. The maximum atomic E-state index is 13.3. The molecule has 0 fully saturated rings. The molecule has 2 aromatic rings. The molecule has 128 valence electrons. The van der Waals surface area contributed by atoms with Crippen LogP contribution in [0.2, 0.25) is 0 Å². The summed E-state index contributed by atoms with van der Waals surface area (Å²) in [6.45, 7) is 8.02. The lowest BCUT2D eigenvalue weighted by Gasteiger charge is -2.18. The largest absolute Gasteiger partial charge is 0.496 e. The lowest BCUT2D eigenvalue weighted by atomic mass is 9.89. The van der Waals surface area contributed by atoms with Crippen LogP contribution in [0.25, 0.3) is 0 Å². The first-order valence-electron chi connectivity index (χ1n) is 7.77. The zero-order valence-electron chi connectivity index (χ0n) is 15.4. The van der Waals surface area contributed by atoms with E-state index in [2.05, 4.69) is 6.92 Å². The van der Waals surface area contributed by atoms with E-state index in [1.165, 1.54) is 19.8 Å². The summed E-state index contributed by atoms with van der Waals surface area (Å²) in [7, 11) is 4.63. The molecule has 0 atom stereocenters. The predicted molar refractivity (Wildman–Crippen MR) is 94.9 cm³/mol. The maximum absolute atomic E-state index is 13.3. The molecule has 0 bridgehead atoms. The van der Waals surface area contributed by atoms with Gasteiger partial charge in [-0.05, 0) is 49.9 Å². The van der Waals surface area contributed by atoms with Gasteiger partial charge in [-0.25, -0.2) is 0 Å². The third-order valence-corrected chi connectivity index (χ3v) is 4.53. The van der Waals surface area contributed by atoms with Crippen LogP contribution in [0.3, 0.4) is 0 Å². The van der Waals surface area contributed by atoms with Crippen molar-refractivity contribution in [3.8, 4) is 17.2 Å². The minimum Gasteiger partial charge on any atom is -0.496 e. The van der Waals surface area contributed by atoms with Crippen molar-refractivity contribution >= 4 is 5.78 Å². The molecule has 4 heteroatoms. The Balaban J connectivity index is 2.73. The molecular weight excluding hydrogens is 304 g/mol. The number of methoxy groups -OCH3 is 3. The van der Waals surface area contributed by atoms with E-state index in [9.17, 15) is 4.79 Å². The quantitative estimate of drug-likeness (QED) is 0.773. The Labute approximate surface area is 143 Å². The lowest BCUT2D eigenvalue weighted by Crippen LogP contribution is -2.11. The number of ketones is 1. The van der Waals surface area contributed by atoms with Gasteiger partial charge >= 0.3 is 0 Å². The van der Waals surface area contributed by atoms with Crippen LogP contribution < -0.4 is 14.2 Å². The molecule has 0 spiro atoms. The standard InChI is InChI=1S/C20H24O4/c1-11-8-12(2)18(14(4)13(11)3)20(21)19-16(23-6)9-15(22-5)10-17(19)24-7/h8-10H,1-7H3. The number of hydrogen-bond donors (Lipinski definition) is 0. The van der Waals surface area contributed by atoms with Crippen molar-refractivity contribution in [1.82, 2.24) is 0 Å². The highest BCUT2D eigenvalue weighted by atomic mass is 16.5. The van der Waals surface area contributed by atoms with Crippen LogP contribution in [0, 0.1) is 27.7 Å². The summed E-state index contributed by atoms with van der Waals surface area (Å²) in [4.78, 5) is 13.3. The molecule has 2 aromatic carbocycles. The second-order valence-corrected chi connectivity index (χ2v) is 5.87. The molecule has 0 saturated carbocycles. The molecule has 0 amide bonds. The van der Waals surface area contributed by atoms with Crippen molar-refractivity contribution in [2.24, 2.45) is 0 Å². The second kappa shape index (κ2) is 6.95. The molecule has 0 N–H and O–H groups in total. The average molecular weight is 328 g/mol. The van der Waals surface area contributed by atoms with E-state index in [1.807, 2.05) is 26.8 Å². The molecule has 4 nitrogen and oxygen atoms in total. The normalized spacial score (nSPS) is 10.5. The monoisotopic (exact) mass is 328 g/mol. The first-order valence-corrected chi connectivity index (χ1v) is 7.77. The number of aryl methyl sites for hydroxylation is 2. The van der Waals surface area contributed by atoms with Gasteiger partial charge in [0.2, 0.25) is 5.78 Å². The fraction of sp³-hybridized carbons (Fsp3) is 0.350. The molecule has 0 aliphatic carbocycles. The Morgan fingerprint density at radius 2 is 1.25 bits per heavy atom. The van der Waals surface area contributed by atoms with E-state index >= 15 is 0 Å². The van der Waals surface area contributed by atoms with Gasteiger partial charge in [0.1, 0.15) is 22.8 Å². The van der Waals surface area contributed by atoms with Gasteiger partial charge in [0.05, 0.1) is 21.3 Å². The molecule has 2 rings (SSSR count). The van der Waals surface area contributed by atoms with E-state index in [4.69, 9.17) is 14.2 Å². The lowest BCUT2D eigenvalue weighted by molar-refractivity contribution is 0.103. The fourth-order valence-corrected chi connectivity index (χ4v) is 2.99. The first kappa shape index (κ1) is 17.9. The number of carbonyl (C=O) groups is 1. The van der Waals surface area contributed by atoms with Gasteiger partial charge in [-0.15, -0.1) is 0 Å². The molecule has 0 aliphatic rings. The summed E-state index contributed by atoms with van der Waals surface area (Å²) in [5, 5.41) is 0. The van der Waals surface area contributed by atoms with Crippen molar-refractivity contribution in [2.45, 2.75) is 27.7 Å². The van der Waals surface area contributed by atoms with Gasteiger partial charge in [0, 0.05) is 17.7 Å². The van der Waals surface area contributed by atoms with Crippen molar-refractivity contribution in [3.05, 3.63) is 51.6 Å². The molecule has 0 unspecified atom stereocenters. The molecule has 24 heavy (non-hydrogen) atoms. The van der Waals surface area contributed by atoms with Crippen LogP contribution in [0.5, 0.6) is 17.2 Å². The Morgan fingerprint density at radius 3 is 1.71 bits per heavy atom. The third-order valence-electron chi connectivity index (χ3n) is 4.53. The molecular formula is C20H24O4. The van der Waals surface area contributed by atoms with Crippen LogP contribution in [-0.2, 0) is 0 Å². The average Bonchev–Trinajstić information content (AvgIpc) is 2.58. The highest BCUT2D eigenvalue weighted by Gasteiger charge is 2.25. The highest BCUT2D eigenvalue weighted by Crippen LogP contribution is 2.37. The van der Waals surface area contributed by atoms with Crippen molar-refractivity contribution in [3.63, 3.8) is 0 Å². The molecule has 0 aliphatic heterocycles. The van der Waals surface area contributed by atoms with E-state index < -0.39 is 0 Å². The summed E-state index contributed by atoms with van der Waals surface area (Å²) in [5.41, 5.74) is 5.33. The summed E-state index contributed by atoms with van der Waals surface area (Å²) in [6.07, 6.45) is 0. The van der Waals surface area contributed by atoms with Crippen LogP contribution >= 0.6 is 0 Å². The van der Waals surface area contributed by atoms with Gasteiger partial charge in [0.15, 0.2) is 0 Å². The van der Waals surface area contributed by atoms with Gasteiger partial charge in [-0.2, -0.15) is 0 Å². The Bertz CT molecular complexity index is 766. The second-order valence-electron chi connectivity index (χ2n) is 5.87. The zero-order chi connectivity index (χ0) is 18.0. The van der Waals surface area contributed by atoms with E-state index in [1.54, 1.807) is 19.2 Å². The zero-order valence-corrected chi connectivity index (χ0v) is 15.4. The summed E-state index contributed by atoms with van der Waals surface area (Å²) in [6, 6.07) is 5.43. The number of carbonyl (C=O) groups excluding carboxylic acids is 1. The minimum absolute atomic E-state index is 0.107. The SMILES string of the molecule is COc1cc(OC)c(C(=O)c2c(C)cc(C)c(C)c2C)c(OC)c1. The highest BCUT2D eigenvalue weighted by molar-refractivity contribution is 6.14. The fourth-order valence-electron chi connectivity index (χ4n) is 2.99. The van der Waals surface area contributed by atoms with Crippen LogP contribution in [0.15, 0.2) is 18.2 Å². The smallest absolute Gasteiger partial charge is 0.201 e. The van der Waals surface area contributed by atoms with E-state index in [0.29, 0.717) is 28.4 Å². The molecule has 0 radical (unpaired) electrons. The number of rotatable bonds is 5. The summed E-state index contributed by atoms with van der Waals surface area (Å²) < 4.78 is 16.1. The van der Waals surface area contributed by atoms with Crippen molar-refractivity contribution in [1.29, 1.82) is 0 Å². The van der Waals surface area contributed by atoms with Crippen molar-refractivity contribution in [2.75, 3.05) is 21.3 Å². The van der Waals surface area contributed by atoms with Gasteiger partial charge in [0.25, 0.3) is 0 Å². The molecule has 0 saturated heterocycles. The predicted octanol–water partition coefficient (Wildman–Crippen LogP) is 4.18. The topological polar surface area (TPSA) is 44.8 Å². The molecule has 0 heterocycles. The maximum Gasteiger partial charge on any atom is 0.201 e. The molecule has 0 aromatic heterocycles. The third kappa shape index (κ3) is 2.96. The van der Waals surface area contributed by atoms with E-state index in [-0.39, 0.29) is 5.78 Å².